The second kappa shape index (κ2) is 7.78. The Balaban J connectivity index is 2.00. The average molecular weight is 348 g/mol. The predicted octanol–water partition coefficient (Wildman–Crippen LogP) is 4.29. The molecule has 1 heterocycles. The summed E-state index contributed by atoms with van der Waals surface area (Å²) in [7, 11) is 0. The van der Waals surface area contributed by atoms with Gasteiger partial charge in [0.25, 0.3) is 0 Å². The number of carbonyl (C=O) groups is 2. The van der Waals surface area contributed by atoms with Gasteiger partial charge in [-0.1, -0.05) is 30.3 Å². The van der Waals surface area contributed by atoms with Crippen LogP contribution >= 0.6 is 0 Å². The highest BCUT2D eigenvalue weighted by Gasteiger charge is 2.16. The Morgan fingerprint density at radius 1 is 1.08 bits per heavy atom. The molecule has 0 saturated heterocycles. The lowest BCUT2D eigenvalue weighted by Gasteiger charge is -2.14. The van der Waals surface area contributed by atoms with Crippen LogP contribution in [0.5, 0.6) is 0 Å². The van der Waals surface area contributed by atoms with Gasteiger partial charge < -0.3 is 10.1 Å². The Bertz CT molecular complexity index is 949. The van der Waals surface area contributed by atoms with E-state index in [0.717, 1.165) is 22.2 Å². The zero-order chi connectivity index (χ0) is 18.5. The molecule has 5 heteroatoms. The summed E-state index contributed by atoms with van der Waals surface area (Å²) in [6.07, 6.45) is 1.94. The van der Waals surface area contributed by atoms with Crippen molar-refractivity contribution in [3.63, 3.8) is 0 Å². The number of fused-ring (bicyclic) bond motifs is 1. The van der Waals surface area contributed by atoms with E-state index in [1.807, 2.05) is 48.5 Å². The molecule has 5 nitrogen and oxygen atoms in total. The molecule has 0 aliphatic heterocycles. The van der Waals surface area contributed by atoms with Crippen LogP contribution in [-0.4, -0.2) is 23.3 Å². The highest BCUT2D eigenvalue weighted by atomic mass is 16.5. The number of rotatable bonds is 6. The third-order valence-electron chi connectivity index (χ3n) is 3.95. The summed E-state index contributed by atoms with van der Waals surface area (Å²) in [5, 5.41) is 4.15. The Morgan fingerprint density at radius 2 is 1.81 bits per heavy atom. The lowest BCUT2D eigenvalue weighted by atomic mass is 10.1. The first kappa shape index (κ1) is 17.6. The molecular weight excluding hydrogens is 328 g/mol. The van der Waals surface area contributed by atoms with Gasteiger partial charge in [0.05, 0.1) is 17.8 Å². The van der Waals surface area contributed by atoms with Crippen molar-refractivity contribution in [2.75, 3.05) is 11.9 Å². The van der Waals surface area contributed by atoms with Crippen molar-refractivity contribution in [1.82, 2.24) is 4.98 Å². The molecule has 0 bridgehead atoms. The lowest BCUT2D eigenvalue weighted by Crippen LogP contribution is -2.09. The fourth-order valence-corrected chi connectivity index (χ4v) is 2.78. The number of Topliss-reactive ketones (excluding diaryl/α,β-unsaturated/α-hetero) is 1. The van der Waals surface area contributed by atoms with Crippen molar-refractivity contribution in [3.8, 4) is 0 Å². The molecule has 2 aromatic carbocycles. The van der Waals surface area contributed by atoms with Gasteiger partial charge in [-0.3, -0.25) is 9.78 Å². The molecule has 3 aromatic rings. The van der Waals surface area contributed by atoms with E-state index in [9.17, 15) is 9.59 Å². The van der Waals surface area contributed by atoms with Gasteiger partial charge in [0.1, 0.15) is 11.3 Å². The van der Waals surface area contributed by atoms with Crippen molar-refractivity contribution in [1.29, 1.82) is 0 Å². The van der Waals surface area contributed by atoms with Crippen LogP contribution in [0.3, 0.4) is 0 Å². The molecule has 0 radical (unpaired) electrons. The van der Waals surface area contributed by atoms with Crippen LogP contribution in [0.4, 0.5) is 11.4 Å². The first-order valence-corrected chi connectivity index (χ1v) is 8.48. The Labute approximate surface area is 152 Å². The van der Waals surface area contributed by atoms with E-state index >= 15 is 0 Å². The molecule has 0 fully saturated rings. The van der Waals surface area contributed by atoms with Gasteiger partial charge in [-0.25, -0.2) is 4.79 Å². The van der Waals surface area contributed by atoms with Gasteiger partial charge in [-0.2, -0.15) is 0 Å². The molecule has 0 aliphatic rings. The molecule has 1 N–H and O–H groups in total. The molecule has 132 valence electrons. The number of ether oxygens (including phenoxy) is 1. The molecule has 0 amide bonds. The maximum Gasteiger partial charge on any atom is 0.341 e. The number of benzene rings is 2. The van der Waals surface area contributed by atoms with Gasteiger partial charge in [-0.15, -0.1) is 0 Å². The summed E-state index contributed by atoms with van der Waals surface area (Å²) in [5.74, 6) is -0.295. The molecule has 0 spiro atoms. The standard InChI is InChI=1S/C21H20N2O3/c1-3-26-21(25)18-13-22-19-7-5-4-6-17(19)20(18)23-16-10-8-15(9-11-16)12-14(2)24/h4-11,13H,3,12H2,1-2H3,(H,22,23). The summed E-state index contributed by atoms with van der Waals surface area (Å²) in [5.41, 5.74) is 3.61. The summed E-state index contributed by atoms with van der Waals surface area (Å²) >= 11 is 0. The maximum atomic E-state index is 12.3. The summed E-state index contributed by atoms with van der Waals surface area (Å²) in [6, 6.07) is 15.2. The minimum absolute atomic E-state index is 0.121. The predicted molar refractivity (Wildman–Crippen MR) is 102 cm³/mol. The molecule has 0 aliphatic carbocycles. The van der Waals surface area contributed by atoms with Crippen molar-refractivity contribution in [2.24, 2.45) is 0 Å². The summed E-state index contributed by atoms with van der Waals surface area (Å²) in [4.78, 5) is 27.9. The minimum atomic E-state index is -0.415. The van der Waals surface area contributed by atoms with Crippen LogP contribution < -0.4 is 5.32 Å². The van der Waals surface area contributed by atoms with Crippen LogP contribution in [0.15, 0.2) is 54.7 Å². The fraction of sp³-hybridized carbons (Fsp3) is 0.190. The second-order valence-electron chi connectivity index (χ2n) is 5.99. The highest BCUT2D eigenvalue weighted by molar-refractivity contribution is 6.06. The normalized spacial score (nSPS) is 10.5. The molecule has 1 aromatic heterocycles. The fourth-order valence-electron chi connectivity index (χ4n) is 2.78. The monoisotopic (exact) mass is 348 g/mol. The van der Waals surface area contributed by atoms with E-state index in [1.165, 1.54) is 6.20 Å². The van der Waals surface area contributed by atoms with Crippen LogP contribution in [0, 0.1) is 0 Å². The maximum absolute atomic E-state index is 12.3. The first-order chi connectivity index (χ1) is 12.6. The second-order valence-corrected chi connectivity index (χ2v) is 5.99. The molecule has 26 heavy (non-hydrogen) atoms. The number of hydrogen-bond donors (Lipinski definition) is 1. The van der Waals surface area contributed by atoms with E-state index in [2.05, 4.69) is 10.3 Å². The van der Waals surface area contributed by atoms with Crippen molar-refractivity contribution in [2.45, 2.75) is 20.3 Å². The summed E-state index contributed by atoms with van der Waals surface area (Å²) < 4.78 is 5.16. The van der Waals surface area contributed by atoms with Gasteiger partial charge in [0.15, 0.2) is 0 Å². The number of hydrogen-bond acceptors (Lipinski definition) is 5. The van der Waals surface area contributed by atoms with Crippen molar-refractivity contribution < 1.29 is 14.3 Å². The van der Waals surface area contributed by atoms with Crippen LogP contribution in [0.1, 0.15) is 29.8 Å². The van der Waals surface area contributed by atoms with Crippen molar-refractivity contribution in [3.05, 3.63) is 65.9 Å². The number of nitrogens with one attached hydrogen (secondary N) is 1. The minimum Gasteiger partial charge on any atom is -0.462 e. The lowest BCUT2D eigenvalue weighted by molar-refractivity contribution is -0.116. The average Bonchev–Trinajstić information content (AvgIpc) is 2.63. The van der Waals surface area contributed by atoms with Gasteiger partial charge in [0, 0.05) is 23.7 Å². The third-order valence-corrected chi connectivity index (χ3v) is 3.95. The van der Waals surface area contributed by atoms with E-state index in [0.29, 0.717) is 24.3 Å². The topological polar surface area (TPSA) is 68.3 Å². The number of para-hydroxylation sites is 1. The van der Waals surface area contributed by atoms with Gasteiger partial charge in [-0.05, 0) is 37.6 Å². The first-order valence-electron chi connectivity index (χ1n) is 8.48. The highest BCUT2D eigenvalue weighted by Crippen LogP contribution is 2.29. The number of pyridine rings is 1. The smallest absolute Gasteiger partial charge is 0.341 e. The van der Waals surface area contributed by atoms with E-state index in [4.69, 9.17) is 4.74 Å². The molecular formula is C21H20N2O3. The number of carbonyl (C=O) groups excluding carboxylic acids is 2. The number of anilines is 2. The van der Waals surface area contributed by atoms with Gasteiger partial charge in [0.2, 0.25) is 0 Å². The number of esters is 1. The number of ketones is 1. The van der Waals surface area contributed by atoms with E-state index < -0.39 is 5.97 Å². The quantitative estimate of drug-likeness (QED) is 0.673. The van der Waals surface area contributed by atoms with Crippen LogP contribution in [0.25, 0.3) is 10.9 Å². The Hall–Kier alpha value is -3.21. The zero-order valence-corrected chi connectivity index (χ0v) is 14.8. The molecule has 3 rings (SSSR count). The number of aromatic nitrogens is 1. The van der Waals surface area contributed by atoms with Crippen molar-refractivity contribution >= 4 is 34.0 Å². The van der Waals surface area contributed by atoms with Crippen LogP contribution in [0.2, 0.25) is 0 Å². The molecule has 0 atom stereocenters. The number of nitrogens with zero attached hydrogens (tertiary/aromatic N) is 1. The SMILES string of the molecule is CCOC(=O)c1cnc2ccccc2c1Nc1ccc(CC(C)=O)cc1. The van der Waals surface area contributed by atoms with Gasteiger partial charge >= 0.3 is 5.97 Å². The zero-order valence-electron chi connectivity index (χ0n) is 14.8. The van der Waals surface area contributed by atoms with E-state index in [-0.39, 0.29) is 5.78 Å². The Kier molecular flexibility index (Phi) is 5.27. The molecule has 0 saturated carbocycles. The van der Waals surface area contributed by atoms with Crippen LogP contribution in [-0.2, 0) is 16.0 Å². The Morgan fingerprint density at radius 3 is 2.50 bits per heavy atom. The van der Waals surface area contributed by atoms with E-state index in [1.54, 1.807) is 13.8 Å². The molecule has 0 unspecified atom stereocenters. The largest absolute Gasteiger partial charge is 0.462 e. The summed E-state index contributed by atoms with van der Waals surface area (Å²) in [6.45, 7) is 3.64. The third kappa shape index (κ3) is 3.88.